The van der Waals surface area contributed by atoms with Gasteiger partial charge < -0.3 is 5.11 Å². The highest BCUT2D eigenvalue weighted by molar-refractivity contribution is 7.84. The molecule has 0 saturated carbocycles. The van der Waals surface area contributed by atoms with E-state index < -0.39 is 16.8 Å². The van der Waals surface area contributed by atoms with E-state index in [-0.39, 0.29) is 12.2 Å². The molecule has 0 saturated heterocycles. The molecule has 1 aliphatic carbocycles. The Labute approximate surface area is 135 Å². The summed E-state index contributed by atoms with van der Waals surface area (Å²) in [5.41, 5.74) is 3.85. The third kappa shape index (κ3) is 3.10. The number of hydrogen-bond acceptors (Lipinski definition) is 2. The number of carboxylic acids is 1. The van der Waals surface area contributed by atoms with E-state index in [0.717, 1.165) is 16.7 Å². The SMILES string of the molecule is CS(=O)c1ccc(-c2cc(F)cc3c2CC=C3CC(=O)O)cc1. The number of halogens is 1. The predicted molar refractivity (Wildman–Crippen MR) is 88.1 cm³/mol. The fourth-order valence-electron chi connectivity index (χ4n) is 2.89. The molecule has 23 heavy (non-hydrogen) atoms. The number of allylic oxidation sites excluding steroid dienone is 1. The van der Waals surface area contributed by atoms with Crippen LogP contribution in [0, 0.1) is 5.82 Å². The van der Waals surface area contributed by atoms with Gasteiger partial charge in [-0.1, -0.05) is 18.2 Å². The minimum Gasteiger partial charge on any atom is -0.481 e. The molecule has 1 unspecified atom stereocenters. The highest BCUT2D eigenvalue weighted by Gasteiger charge is 2.21. The number of aliphatic carboxylic acids is 1. The average Bonchev–Trinajstić information content (AvgIpc) is 2.89. The maximum absolute atomic E-state index is 14.0. The van der Waals surface area contributed by atoms with E-state index in [1.165, 1.54) is 12.1 Å². The summed E-state index contributed by atoms with van der Waals surface area (Å²) in [6.07, 6.45) is 3.94. The van der Waals surface area contributed by atoms with Crippen molar-refractivity contribution in [3.63, 3.8) is 0 Å². The zero-order valence-electron chi connectivity index (χ0n) is 12.5. The summed E-state index contributed by atoms with van der Waals surface area (Å²) in [7, 11) is -1.06. The first-order valence-corrected chi connectivity index (χ1v) is 8.69. The molecule has 1 N–H and O–H groups in total. The molecule has 118 valence electrons. The van der Waals surface area contributed by atoms with Crippen LogP contribution in [0.1, 0.15) is 17.5 Å². The molecular weight excluding hydrogens is 315 g/mol. The Bertz CT molecular complexity index is 838. The van der Waals surface area contributed by atoms with Crippen LogP contribution >= 0.6 is 0 Å². The fraction of sp³-hybridized carbons (Fsp3) is 0.167. The molecule has 2 aromatic rings. The van der Waals surface area contributed by atoms with Gasteiger partial charge in [-0.3, -0.25) is 9.00 Å². The lowest BCUT2D eigenvalue weighted by Gasteiger charge is -2.11. The summed E-state index contributed by atoms with van der Waals surface area (Å²) in [5.74, 6) is -1.32. The maximum atomic E-state index is 14.0. The molecule has 5 heteroatoms. The third-order valence-corrected chi connectivity index (χ3v) is 4.89. The van der Waals surface area contributed by atoms with Crippen molar-refractivity contribution >= 4 is 22.3 Å². The Kier molecular flexibility index (Phi) is 4.13. The lowest BCUT2D eigenvalue weighted by Crippen LogP contribution is -1.98. The van der Waals surface area contributed by atoms with Crippen LogP contribution < -0.4 is 0 Å². The molecule has 1 atom stereocenters. The van der Waals surface area contributed by atoms with Crippen LogP contribution in [0.5, 0.6) is 0 Å². The molecule has 3 rings (SSSR count). The van der Waals surface area contributed by atoms with E-state index in [1.54, 1.807) is 18.4 Å². The minimum absolute atomic E-state index is 0.107. The first kappa shape index (κ1) is 15.6. The average molecular weight is 330 g/mol. The molecule has 0 fully saturated rings. The summed E-state index contributed by atoms with van der Waals surface area (Å²) >= 11 is 0. The maximum Gasteiger partial charge on any atom is 0.307 e. The van der Waals surface area contributed by atoms with Crippen LogP contribution in [-0.4, -0.2) is 21.5 Å². The Hall–Kier alpha value is -2.27. The first-order chi connectivity index (χ1) is 11.0. The van der Waals surface area contributed by atoms with Gasteiger partial charge in [0.15, 0.2) is 0 Å². The normalized spacial score (nSPS) is 14.3. The Morgan fingerprint density at radius 2 is 1.87 bits per heavy atom. The number of carbonyl (C=O) groups is 1. The number of carboxylic acid groups (broad SMARTS) is 1. The number of hydrogen-bond donors (Lipinski definition) is 1. The van der Waals surface area contributed by atoms with Crippen LogP contribution in [0.15, 0.2) is 47.4 Å². The molecule has 0 bridgehead atoms. The molecule has 0 heterocycles. The zero-order valence-corrected chi connectivity index (χ0v) is 13.3. The topological polar surface area (TPSA) is 54.4 Å². The molecule has 0 radical (unpaired) electrons. The van der Waals surface area contributed by atoms with Crippen molar-refractivity contribution in [1.29, 1.82) is 0 Å². The van der Waals surface area contributed by atoms with Gasteiger partial charge in [0.05, 0.1) is 6.42 Å². The van der Waals surface area contributed by atoms with Crippen molar-refractivity contribution in [2.75, 3.05) is 6.26 Å². The van der Waals surface area contributed by atoms with E-state index >= 15 is 0 Å². The lowest BCUT2D eigenvalue weighted by molar-refractivity contribution is -0.135. The van der Waals surface area contributed by atoms with Crippen LogP contribution in [0.2, 0.25) is 0 Å². The molecule has 1 aliphatic rings. The van der Waals surface area contributed by atoms with Crippen LogP contribution in [-0.2, 0) is 22.0 Å². The van der Waals surface area contributed by atoms with Gasteiger partial charge in [0.25, 0.3) is 0 Å². The third-order valence-electron chi connectivity index (χ3n) is 3.95. The summed E-state index contributed by atoms with van der Waals surface area (Å²) in [4.78, 5) is 11.7. The summed E-state index contributed by atoms with van der Waals surface area (Å²) in [6, 6.07) is 10.0. The highest BCUT2D eigenvalue weighted by Crippen LogP contribution is 2.37. The van der Waals surface area contributed by atoms with E-state index in [1.807, 2.05) is 18.2 Å². The molecule has 0 aromatic heterocycles. The van der Waals surface area contributed by atoms with Gasteiger partial charge in [-0.05, 0) is 58.5 Å². The molecule has 0 aliphatic heterocycles. The molecule has 2 aromatic carbocycles. The van der Waals surface area contributed by atoms with E-state index in [0.29, 0.717) is 22.5 Å². The smallest absolute Gasteiger partial charge is 0.307 e. The fourth-order valence-corrected chi connectivity index (χ4v) is 3.41. The van der Waals surface area contributed by atoms with Crippen LogP contribution in [0.4, 0.5) is 4.39 Å². The van der Waals surface area contributed by atoms with Gasteiger partial charge in [-0.2, -0.15) is 0 Å². The van der Waals surface area contributed by atoms with Gasteiger partial charge in [-0.15, -0.1) is 0 Å². The van der Waals surface area contributed by atoms with Crippen molar-refractivity contribution in [1.82, 2.24) is 0 Å². The first-order valence-electron chi connectivity index (χ1n) is 7.13. The standard InChI is InChI=1S/C18H15FO3S/c1-23(22)14-5-2-11(3-6-14)16-9-13(19)10-17-12(8-18(20)21)4-7-15(16)17/h2-6,9-10H,7-8H2,1H3,(H,20,21). The second kappa shape index (κ2) is 6.08. The van der Waals surface area contributed by atoms with Gasteiger partial charge >= 0.3 is 5.97 Å². The number of rotatable bonds is 4. The molecule has 0 spiro atoms. The lowest BCUT2D eigenvalue weighted by atomic mass is 9.94. The molecule has 0 amide bonds. The second-order valence-electron chi connectivity index (χ2n) is 5.46. The largest absolute Gasteiger partial charge is 0.481 e. The van der Waals surface area contributed by atoms with Crippen molar-refractivity contribution in [3.05, 3.63) is 59.4 Å². The molecular formula is C18H15FO3S. The summed E-state index contributed by atoms with van der Waals surface area (Å²) in [6.45, 7) is 0. The van der Waals surface area contributed by atoms with Crippen molar-refractivity contribution < 1.29 is 18.5 Å². The number of fused-ring (bicyclic) bond motifs is 1. The highest BCUT2D eigenvalue weighted by atomic mass is 32.2. The van der Waals surface area contributed by atoms with Crippen molar-refractivity contribution in [3.8, 4) is 11.1 Å². The summed E-state index contributed by atoms with van der Waals surface area (Å²) in [5, 5.41) is 8.97. The van der Waals surface area contributed by atoms with E-state index in [9.17, 15) is 13.4 Å². The van der Waals surface area contributed by atoms with E-state index in [2.05, 4.69) is 0 Å². The quantitative estimate of drug-likeness (QED) is 0.931. The Morgan fingerprint density at radius 1 is 1.22 bits per heavy atom. The van der Waals surface area contributed by atoms with Crippen LogP contribution in [0.25, 0.3) is 16.7 Å². The van der Waals surface area contributed by atoms with Crippen molar-refractivity contribution in [2.24, 2.45) is 0 Å². The van der Waals surface area contributed by atoms with Crippen molar-refractivity contribution in [2.45, 2.75) is 17.7 Å². The predicted octanol–water partition coefficient (Wildman–Crippen LogP) is 3.64. The van der Waals surface area contributed by atoms with Gasteiger partial charge in [-0.25, -0.2) is 4.39 Å². The van der Waals surface area contributed by atoms with Gasteiger partial charge in [0.2, 0.25) is 0 Å². The molecule has 3 nitrogen and oxygen atoms in total. The van der Waals surface area contributed by atoms with E-state index in [4.69, 9.17) is 5.11 Å². The van der Waals surface area contributed by atoms with Gasteiger partial charge in [0, 0.05) is 22.0 Å². The number of benzene rings is 2. The van der Waals surface area contributed by atoms with Gasteiger partial charge in [0.1, 0.15) is 5.82 Å². The minimum atomic E-state index is -1.06. The second-order valence-corrected chi connectivity index (χ2v) is 6.84. The Morgan fingerprint density at radius 3 is 2.48 bits per heavy atom. The monoisotopic (exact) mass is 330 g/mol. The van der Waals surface area contributed by atoms with Crippen LogP contribution in [0.3, 0.4) is 0 Å². The Balaban J connectivity index is 2.05. The zero-order chi connectivity index (χ0) is 16.6. The summed E-state index contributed by atoms with van der Waals surface area (Å²) < 4.78 is 25.5.